The van der Waals surface area contributed by atoms with E-state index in [9.17, 15) is 9.18 Å². The van der Waals surface area contributed by atoms with Gasteiger partial charge in [0.2, 0.25) is 5.58 Å². The summed E-state index contributed by atoms with van der Waals surface area (Å²) >= 11 is 0. The molecule has 1 saturated heterocycles. The zero-order valence-electron chi connectivity index (χ0n) is 13.7. The number of nitrogens with one attached hydrogen (secondary N) is 1. The summed E-state index contributed by atoms with van der Waals surface area (Å²) in [5.74, 6) is -0.788. The zero-order chi connectivity index (χ0) is 16.8. The average molecular weight is 333 g/mol. The number of ether oxygens (including phenoxy) is 1. The van der Waals surface area contributed by atoms with Crippen molar-refractivity contribution in [2.75, 3.05) is 18.0 Å². The highest BCUT2D eigenvalue weighted by Crippen LogP contribution is 2.31. The minimum Gasteiger partial charge on any atom is -0.372 e. The number of amides is 1. The molecule has 1 saturated carbocycles. The fourth-order valence-electron chi connectivity index (χ4n) is 3.23. The predicted molar refractivity (Wildman–Crippen MR) is 86.7 cm³/mol. The Hall–Kier alpha value is -2.15. The van der Waals surface area contributed by atoms with Gasteiger partial charge in [-0.3, -0.25) is 4.79 Å². The van der Waals surface area contributed by atoms with Crippen LogP contribution >= 0.6 is 0 Å². The van der Waals surface area contributed by atoms with E-state index in [4.69, 9.17) is 9.26 Å². The number of carbonyl (C=O) groups is 1. The summed E-state index contributed by atoms with van der Waals surface area (Å²) in [6.45, 7) is 5.15. The van der Waals surface area contributed by atoms with Crippen LogP contribution in [0.1, 0.15) is 37.2 Å². The number of halogens is 1. The Morgan fingerprint density at radius 2 is 2.00 bits per heavy atom. The summed E-state index contributed by atoms with van der Waals surface area (Å²) in [4.78, 5) is 14.1. The van der Waals surface area contributed by atoms with Crippen LogP contribution in [0.5, 0.6) is 0 Å². The van der Waals surface area contributed by atoms with Crippen LogP contribution in [-0.2, 0) is 4.74 Å². The summed E-state index contributed by atoms with van der Waals surface area (Å²) in [7, 11) is 0. The van der Waals surface area contributed by atoms with E-state index < -0.39 is 5.82 Å². The van der Waals surface area contributed by atoms with E-state index in [2.05, 4.69) is 10.5 Å². The molecule has 1 aliphatic carbocycles. The lowest BCUT2D eigenvalue weighted by Crippen LogP contribution is -2.45. The largest absolute Gasteiger partial charge is 0.372 e. The van der Waals surface area contributed by atoms with E-state index in [-0.39, 0.29) is 35.4 Å². The molecule has 0 bridgehead atoms. The second-order valence-electron chi connectivity index (χ2n) is 6.72. The van der Waals surface area contributed by atoms with Crippen LogP contribution in [-0.4, -0.2) is 42.4 Å². The molecule has 2 fully saturated rings. The van der Waals surface area contributed by atoms with Crippen molar-refractivity contribution >= 4 is 22.6 Å². The molecule has 2 atom stereocenters. The number of anilines is 1. The Kier molecular flexibility index (Phi) is 3.68. The van der Waals surface area contributed by atoms with Crippen molar-refractivity contribution in [2.45, 2.75) is 44.9 Å². The molecule has 0 unspecified atom stereocenters. The van der Waals surface area contributed by atoms with Crippen molar-refractivity contribution < 1.29 is 18.4 Å². The van der Waals surface area contributed by atoms with Gasteiger partial charge >= 0.3 is 0 Å². The van der Waals surface area contributed by atoms with Gasteiger partial charge in [-0.25, -0.2) is 4.39 Å². The van der Waals surface area contributed by atoms with Crippen LogP contribution in [0.2, 0.25) is 0 Å². The molecule has 2 heterocycles. The normalized spacial score (nSPS) is 24.4. The van der Waals surface area contributed by atoms with Gasteiger partial charge in [0.15, 0.2) is 11.5 Å². The summed E-state index contributed by atoms with van der Waals surface area (Å²) in [5, 5.41) is 7.04. The molecule has 1 aliphatic heterocycles. The molecule has 24 heavy (non-hydrogen) atoms. The SMILES string of the molecule is C[C@@H]1CN(c2ccc3c(C(=O)NC4CC4)noc3c2F)C[C@H](C)O1. The van der Waals surface area contributed by atoms with Gasteiger partial charge in [0.05, 0.1) is 23.3 Å². The first kappa shape index (κ1) is 15.4. The van der Waals surface area contributed by atoms with Gasteiger partial charge in [-0.1, -0.05) is 5.16 Å². The quantitative estimate of drug-likeness (QED) is 0.935. The fourth-order valence-corrected chi connectivity index (χ4v) is 3.23. The molecule has 128 valence electrons. The third kappa shape index (κ3) is 2.73. The molecule has 0 radical (unpaired) electrons. The van der Waals surface area contributed by atoms with Crippen LogP contribution in [0, 0.1) is 5.82 Å². The van der Waals surface area contributed by atoms with E-state index in [1.54, 1.807) is 12.1 Å². The Labute approximate surface area is 138 Å². The maximum Gasteiger partial charge on any atom is 0.274 e. The van der Waals surface area contributed by atoms with Crippen molar-refractivity contribution in [3.8, 4) is 0 Å². The summed E-state index contributed by atoms with van der Waals surface area (Å²) < 4.78 is 25.7. The first-order valence-corrected chi connectivity index (χ1v) is 8.32. The molecule has 1 aromatic carbocycles. The van der Waals surface area contributed by atoms with Crippen molar-refractivity contribution in [1.82, 2.24) is 10.5 Å². The van der Waals surface area contributed by atoms with Gasteiger partial charge in [-0.2, -0.15) is 0 Å². The minimum absolute atomic E-state index is 0.0263. The molecule has 7 heteroatoms. The van der Waals surface area contributed by atoms with Crippen LogP contribution < -0.4 is 10.2 Å². The Morgan fingerprint density at radius 1 is 1.29 bits per heavy atom. The topological polar surface area (TPSA) is 67.6 Å². The number of rotatable bonds is 3. The molecule has 0 spiro atoms. The molecule has 2 aliphatic rings. The van der Waals surface area contributed by atoms with Gasteiger partial charge in [0.25, 0.3) is 5.91 Å². The van der Waals surface area contributed by atoms with Crippen LogP contribution in [0.25, 0.3) is 11.0 Å². The third-order valence-corrected chi connectivity index (χ3v) is 4.45. The summed E-state index contributed by atoms with van der Waals surface area (Å²) in [6.07, 6.45) is 2.01. The lowest BCUT2D eigenvalue weighted by molar-refractivity contribution is -0.00539. The van der Waals surface area contributed by atoms with E-state index in [0.29, 0.717) is 24.2 Å². The first-order chi connectivity index (χ1) is 11.5. The first-order valence-electron chi connectivity index (χ1n) is 8.32. The molecule has 6 nitrogen and oxygen atoms in total. The van der Waals surface area contributed by atoms with E-state index in [0.717, 1.165) is 12.8 Å². The average Bonchev–Trinajstić information content (AvgIpc) is 3.22. The van der Waals surface area contributed by atoms with Crippen LogP contribution in [0.4, 0.5) is 10.1 Å². The van der Waals surface area contributed by atoms with Gasteiger partial charge in [-0.15, -0.1) is 0 Å². The van der Waals surface area contributed by atoms with Gasteiger partial charge in [0.1, 0.15) is 0 Å². The summed E-state index contributed by atoms with van der Waals surface area (Å²) in [5.41, 5.74) is 0.626. The molecule has 1 amide bonds. The van der Waals surface area contributed by atoms with E-state index in [1.807, 2.05) is 18.7 Å². The Bertz CT molecular complexity index is 777. The number of carbonyl (C=O) groups excluding carboxylic acids is 1. The zero-order valence-corrected chi connectivity index (χ0v) is 13.7. The summed E-state index contributed by atoms with van der Waals surface area (Å²) in [6, 6.07) is 3.61. The minimum atomic E-state index is -0.480. The number of fused-ring (bicyclic) bond motifs is 1. The van der Waals surface area contributed by atoms with Crippen LogP contribution in [0.3, 0.4) is 0 Å². The molecule has 1 N–H and O–H groups in total. The lowest BCUT2D eigenvalue weighted by atomic mass is 10.1. The predicted octanol–water partition coefficient (Wildman–Crippen LogP) is 2.47. The second kappa shape index (κ2) is 5.73. The maximum absolute atomic E-state index is 14.9. The monoisotopic (exact) mass is 333 g/mol. The smallest absolute Gasteiger partial charge is 0.274 e. The number of hydrogen-bond acceptors (Lipinski definition) is 5. The van der Waals surface area contributed by atoms with Crippen molar-refractivity contribution in [2.24, 2.45) is 0 Å². The highest BCUT2D eigenvalue weighted by Gasteiger charge is 2.29. The number of hydrogen-bond donors (Lipinski definition) is 1. The number of morpholine rings is 1. The Morgan fingerprint density at radius 3 is 2.67 bits per heavy atom. The van der Waals surface area contributed by atoms with Crippen LogP contribution in [0.15, 0.2) is 16.7 Å². The fraction of sp³-hybridized carbons (Fsp3) is 0.529. The van der Waals surface area contributed by atoms with Gasteiger partial charge in [0, 0.05) is 19.1 Å². The van der Waals surface area contributed by atoms with Gasteiger partial charge < -0.3 is 19.5 Å². The van der Waals surface area contributed by atoms with Crippen molar-refractivity contribution in [1.29, 1.82) is 0 Å². The Balaban J connectivity index is 1.67. The molecule has 4 rings (SSSR count). The van der Waals surface area contributed by atoms with Gasteiger partial charge in [-0.05, 0) is 38.8 Å². The van der Waals surface area contributed by atoms with E-state index in [1.165, 1.54) is 0 Å². The number of benzene rings is 1. The highest BCUT2D eigenvalue weighted by atomic mass is 19.1. The van der Waals surface area contributed by atoms with E-state index >= 15 is 0 Å². The molecular formula is C17H20FN3O3. The number of nitrogens with zero attached hydrogens (tertiary/aromatic N) is 2. The molecule has 1 aromatic heterocycles. The highest BCUT2D eigenvalue weighted by molar-refractivity contribution is 6.04. The lowest BCUT2D eigenvalue weighted by Gasteiger charge is -2.36. The molecule has 2 aromatic rings. The maximum atomic E-state index is 14.9. The van der Waals surface area contributed by atoms with Crippen molar-refractivity contribution in [3.63, 3.8) is 0 Å². The molecular weight excluding hydrogens is 313 g/mol. The third-order valence-electron chi connectivity index (χ3n) is 4.45. The van der Waals surface area contributed by atoms with Crippen molar-refractivity contribution in [3.05, 3.63) is 23.6 Å². The number of aromatic nitrogens is 1. The second-order valence-corrected chi connectivity index (χ2v) is 6.72. The standard InChI is InChI=1S/C17H20FN3O3/c1-9-7-21(8-10(2)23-9)13-6-5-12-15(17(22)19-11-3-4-11)20-24-16(12)14(13)18/h5-6,9-11H,3-4,7-8H2,1-2H3,(H,19,22)/t9-,10+.